The Labute approximate surface area is 214 Å². The van der Waals surface area contributed by atoms with Crippen molar-refractivity contribution in [1.82, 2.24) is 10.6 Å². The Morgan fingerprint density at radius 1 is 1.14 bits per heavy atom. The van der Waals surface area contributed by atoms with E-state index in [4.69, 9.17) is 4.74 Å². The third-order valence-corrected chi connectivity index (χ3v) is 8.17. The number of esters is 1. The van der Waals surface area contributed by atoms with Crippen molar-refractivity contribution < 1.29 is 39.5 Å². The first-order valence-electron chi connectivity index (χ1n) is 12.1. The molecule has 1 heterocycles. The number of hydrogen-bond donors (Lipinski definition) is 6. The van der Waals surface area contributed by atoms with Gasteiger partial charge in [0.2, 0.25) is 0 Å². The lowest BCUT2D eigenvalue weighted by Gasteiger charge is -2.45. The highest BCUT2D eigenvalue weighted by Crippen LogP contribution is 2.54. The number of rotatable bonds is 8. The van der Waals surface area contributed by atoms with Crippen LogP contribution < -0.4 is 10.6 Å². The van der Waals surface area contributed by atoms with E-state index in [-0.39, 0.29) is 29.7 Å². The predicted molar refractivity (Wildman–Crippen MR) is 132 cm³/mol. The summed E-state index contributed by atoms with van der Waals surface area (Å²) in [5.74, 6) is -2.46. The van der Waals surface area contributed by atoms with Gasteiger partial charge in [-0.05, 0) is 49.9 Å². The van der Waals surface area contributed by atoms with Gasteiger partial charge in [-0.25, -0.2) is 9.59 Å². The maximum atomic E-state index is 12.9. The van der Waals surface area contributed by atoms with Crippen LogP contribution in [0.5, 0.6) is 5.75 Å². The van der Waals surface area contributed by atoms with Gasteiger partial charge in [0, 0.05) is 11.5 Å². The lowest BCUT2D eigenvalue weighted by molar-refractivity contribution is -0.183. The zero-order valence-corrected chi connectivity index (χ0v) is 20.9. The van der Waals surface area contributed by atoms with Crippen LogP contribution in [0.15, 0.2) is 42.5 Å². The van der Waals surface area contributed by atoms with Gasteiger partial charge in [0.15, 0.2) is 5.78 Å². The van der Waals surface area contributed by atoms with Crippen molar-refractivity contribution in [2.24, 2.45) is 5.92 Å². The van der Waals surface area contributed by atoms with E-state index in [9.17, 15) is 34.8 Å². The predicted octanol–water partition coefficient (Wildman–Crippen LogP) is 1.22. The Morgan fingerprint density at radius 3 is 2.49 bits per heavy atom. The van der Waals surface area contributed by atoms with Gasteiger partial charge in [-0.2, -0.15) is 0 Å². The van der Waals surface area contributed by atoms with Crippen molar-refractivity contribution >= 4 is 17.8 Å². The van der Waals surface area contributed by atoms with Crippen LogP contribution in [0.2, 0.25) is 0 Å². The van der Waals surface area contributed by atoms with Gasteiger partial charge in [0.25, 0.3) is 0 Å². The zero-order chi connectivity index (χ0) is 27.2. The van der Waals surface area contributed by atoms with Gasteiger partial charge in [-0.3, -0.25) is 4.79 Å². The van der Waals surface area contributed by atoms with E-state index >= 15 is 0 Å². The molecule has 6 N–H and O–H groups in total. The van der Waals surface area contributed by atoms with Crippen LogP contribution >= 0.6 is 0 Å². The summed E-state index contributed by atoms with van der Waals surface area (Å²) in [5, 5.41) is 49.0. The number of aliphatic hydroxyl groups is 3. The molecule has 2 aromatic carbocycles. The van der Waals surface area contributed by atoms with E-state index in [0.29, 0.717) is 11.1 Å². The molecule has 0 unspecified atom stereocenters. The second kappa shape index (κ2) is 9.44. The molecule has 1 saturated carbocycles. The number of fused-ring (bicyclic) bond motifs is 1. The quantitative estimate of drug-likeness (QED) is 0.227. The minimum atomic E-state index is -2.04. The summed E-state index contributed by atoms with van der Waals surface area (Å²) in [6.45, 7) is 3.53. The average Bonchev–Trinajstić information content (AvgIpc) is 3.27. The largest absolute Gasteiger partial charge is 0.507 e. The molecular formula is C27H32N2O8. The highest BCUT2D eigenvalue weighted by molar-refractivity contribution is 5.97. The molecule has 1 saturated heterocycles. The summed E-state index contributed by atoms with van der Waals surface area (Å²) in [5.41, 5.74) is -3.94. The van der Waals surface area contributed by atoms with Crippen molar-refractivity contribution in [3.8, 4) is 5.75 Å². The molecule has 1 aliphatic carbocycles. The Balaban J connectivity index is 1.73. The van der Waals surface area contributed by atoms with Crippen LogP contribution in [0.4, 0.5) is 4.79 Å². The highest BCUT2D eigenvalue weighted by atomic mass is 16.5. The number of urea groups is 1. The summed E-state index contributed by atoms with van der Waals surface area (Å²) in [6, 6.07) is 9.85. The van der Waals surface area contributed by atoms with Gasteiger partial charge >= 0.3 is 12.0 Å². The lowest BCUT2D eigenvalue weighted by atomic mass is 9.74. The average molecular weight is 513 g/mol. The number of aliphatic hydroxyl groups excluding tert-OH is 1. The number of aromatic hydroxyl groups is 1. The number of amides is 2. The van der Waals surface area contributed by atoms with Crippen LogP contribution in [-0.4, -0.2) is 74.2 Å². The van der Waals surface area contributed by atoms with Gasteiger partial charge in [0.05, 0.1) is 11.6 Å². The molecule has 2 aliphatic rings. The maximum absolute atomic E-state index is 12.9. The molecule has 2 aromatic rings. The van der Waals surface area contributed by atoms with E-state index in [1.165, 1.54) is 13.0 Å². The molecule has 37 heavy (non-hydrogen) atoms. The van der Waals surface area contributed by atoms with Gasteiger partial charge < -0.3 is 35.8 Å². The number of carbonyl (C=O) groups excluding carboxylic acids is 3. The number of hydrogen-bond acceptors (Lipinski definition) is 8. The number of phenolic OH excluding ortho intramolecular Hbond substituents is 1. The first-order chi connectivity index (χ1) is 17.4. The molecule has 1 aliphatic heterocycles. The molecule has 5 atom stereocenters. The zero-order valence-electron chi connectivity index (χ0n) is 20.9. The first-order valence-corrected chi connectivity index (χ1v) is 12.1. The summed E-state index contributed by atoms with van der Waals surface area (Å²) >= 11 is 0. The Kier molecular flexibility index (Phi) is 6.78. The normalized spacial score (nSPS) is 30.4. The van der Waals surface area contributed by atoms with Crippen LogP contribution in [0.3, 0.4) is 0 Å². The summed E-state index contributed by atoms with van der Waals surface area (Å²) in [4.78, 5) is 37.4. The van der Waals surface area contributed by atoms with E-state index in [0.717, 1.165) is 0 Å². The first kappa shape index (κ1) is 26.6. The number of carbonyl (C=O) groups is 3. The van der Waals surface area contributed by atoms with Crippen molar-refractivity contribution in [2.75, 3.05) is 13.2 Å². The number of ether oxygens (including phenoxy) is 1. The van der Waals surface area contributed by atoms with Gasteiger partial charge in [0.1, 0.15) is 35.7 Å². The Hall–Kier alpha value is -3.47. The topological polar surface area (TPSA) is 165 Å². The van der Waals surface area contributed by atoms with Gasteiger partial charge in [-0.15, -0.1) is 0 Å². The molecule has 10 heteroatoms. The Bertz CT molecular complexity index is 1220. The second-order valence-electron chi connectivity index (χ2n) is 10.0. The summed E-state index contributed by atoms with van der Waals surface area (Å²) in [6.07, 6.45) is 0.374. The second-order valence-corrected chi connectivity index (χ2v) is 10.0. The lowest BCUT2D eigenvalue weighted by Crippen LogP contribution is -2.68. The van der Waals surface area contributed by atoms with Crippen molar-refractivity contribution in [3.05, 3.63) is 64.7 Å². The molecule has 0 radical (unpaired) electrons. The third-order valence-electron chi connectivity index (χ3n) is 8.17. The fourth-order valence-electron chi connectivity index (χ4n) is 6.04. The number of phenols is 1. The van der Waals surface area contributed by atoms with E-state index in [1.807, 2.05) is 0 Å². The molecule has 0 aromatic heterocycles. The smallest absolute Gasteiger partial charge is 0.342 e. The van der Waals surface area contributed by atoms with E-state index in [1.54, 1.807) is 50.2 Å². The van der Waals surface area contributed by atoms with E-state index < -0.39 is 59.7 Å². The minimum Gasteiger partial charge on any atom is -0.507 e. The molecule has 4 rings (SSSR count). The summed E-state index contributed by atoms with van der Waals surface area (Å²) < 4.78 is 5.50. The Morgan fingerprint density at radius 2 is 1.84 bits per heavy atom. The van der Waals surface area contributed by atoms with Crippen LogP contribution in [-0.2, 0) is 11.2 Å². The summed E-state index contributed by atoms with van der Waals surface area (Å²) in [7, 11) is 0. The van der Waals surface area contributed by atoms with Crippen molar-refractivity contribution in [1.29, 1.82) is 0 Å². The van der Waals surface area contributed by atoms with Crippen LogP contribution in [0, 0.1) is 12.8 Å². The van der Waals surface area contributed by atoms with Crippen molar-refractivity contribution in [2.45, 2.75) is 56.4 Å². The van der Waals surface area contributed by atoms with Crippen LogP contribution in [0.1, 0.15) is 52.1 Å². The molecular weight excluding hydrogens is 480 g/mol. The molecule has 0 bridgehead atoms. The molecule has 2 fully saturated rings. The fourth-order valence-corrected chi connectivity index (χ4v) is 6.04. The number of Topliss-reactive ketones (excluding diaryl/α,β-unsaturated/α-hetero) is 1. The number of ketones is 1. The van der Waals surface area contributed by atoms with Gasteiger partial charge in [-0.1, -0.05) is 37.3 Å². The third kappa shape index (κ3) is 4.05. The molecule has 2 amide bonds. The van der Waals surface area contributed by atoms with Crippen molar-refractivity contribution in [3.63, 3.8) is 0 Å². The standard InChI is InChI=1S/C27H32N2O8/c1-4-26-22(28-24(34)29-26)18(12-16-8-6-9-17(11-16)20(32)13-30)27(36,25(26,3)35)14-37-23(33)21-15(2)7-5-10-19(21)31/h5-11,18,22,30-31,35-36H,4,12-14H2,1-3H3,(H2,28,29,34)/t18-,22-,25+,26-,27+/m0/s1. The van der Waals surface area contributed by atoms with Crippen LogP contribution in [0.25, 0.3) is 0 Å². The molecule has 0 spiro atoms. The molecule has 10 nitrogen and oxygen atoms in total. The number of benzene rings is 2. The molecule has 198 valence electrons. The number of aryl methyl sites for hydroxylation is 1. The fraction of sp³-hybridized carbons (Fsp3) is 0.444. The van der Waals surface area contributed by atoms with E-state index in [2.05, 4.69) is 10.6 Å². The SMILES string of the molecule is CC[C@]12NC(=O)N[C@H]1[C@H](Cc1cccc(C(=O)CO)c1)[C@](O)(COC(=O)c1c(C)cccc1O)[C@]2(C)O. The highest BCUT2D eigenvalue weighted by Gasteiger charge is 2.76. The number of nitrogens with one attached hydrogen (secondary N) is 2. The minimum absolute atomic E-state index is 0.0488. The maximum Gasteiger partial charge on any atom is 0.342 e. The monoisotopic (exact) mass is 512 g/mol.